The molecule has 1 amide bonds. The molecule has 0 spiro atoms. The second-order valence-electron chi connectivity index (χ2n) is 4.23. The number of benzene rings is 1. The van der Waals surface area contributed by atoms with Crippen LogP contribution in [0.5, 0.6) is 0 Å². The topological polar surface area (TPSA) is 38.3 Å². The molecule has 1 aromatic carbocycles. The predicted octanol–water partition coefficient (Wildman–Crippen LogP) is 3.49. The summed E-state index contributed by atoms with van der Waals surface area (Å²) in [5.41, 5.74) is 0.749. The van der Waals surface area contributed by atoms with Gasteiger partial charge in [0.2, 0.25) is 5.91 Å². The molecule has 0 saturated carbocycles. The average molecular weight is 310 g/mol. The minimum absolute atomic E-state index is 0.134. The molecular weight excluding hydrogens is 295 g/mol. The van der Waals surface area contributed by atoms with Gasteiger partial charge >= 0.3 is 6.18 Å². The van der Waals surface area contributed by atoms with Gasteiger partial charge in [-0.25, -0.2) is 0 Å². The van der Waals surface area contributed by atoms with E-state index >= 15 is 0 Å². The third-order valence-electron chi connectivity index (χ3n) is 2.49. The van der Waals surface area contributed by atoms with Crippen molar-refractivity contribution in [3.63, 3.8) is 0 Å². The summed E-state index contributed by atoms with van der Waals surface area (Å²) in [5, 5.41) is 3.17. The van der Waals surface area contributed by atoms with Crippen LogP contribution >= 0.6 is 11.6 Å². The van der Waals surface area contributed by atoms with Crippen molar-refractivity contribution in [2.75, 3.05) is 13.2 Å². The largest absolute Gasteiger partial charge is 0.411 e. The molecule has 3 nitrogen and oxygen atoms in total. The summed E-state index contributed by atoms with van der Waals surface area (Å²) in [4.78, 5) is 11.5. The number of carbonyl (C=O) groups excluding carboxylic acids is 1. The van der Waals surface area contributed by atoms with Crippen LogP contribution in [0.2, 0.25) is 5.02 Å². The molecular formula is C13H15ClF3NO2. The van der Waals surface area contributed by atoms with Crippen molar-refractivity contribution < 1.29 is 22.7 Å². The van der Waals surface area contributed by atoms with Crippen LogP contribution in [0.4, 0.5) is 13.2 Å². The van der Waals surface area contributed by atoms with E-state index in [9.17, 15) is 18.0 Å². The molecule has 0 aliphatic carbocycles. The van der Waals surface area contributed by atoms with Crippen molar-refractivity contribution >= 4 is 17.5 Å². The van der Waals surface area contributed by atoms with Crippen molar-refractivity contribution in [2.45, 2.75) is 25.6 Å². The molecule has 1 atom stereocenters. The number of nitrogens with one attached hydrogen (secondary N) is 1. The lowest BCUT2D eigenvalue weighted by molar-refractivity contribution is -0.174. The van der Waals surface area contributed by atoms with Crippen molar-refractivity contribution in [1.29, 1.82) is 0 Å². The normalized spacial score (nSPS) is 13.1. The molecule has 0 aromatic heterocycles. The SMILES string of the molecule is CC(NC(=O)CCOCC(F)(F)F)c1ccccc1Cl. The Balaban J connectivity index is 2.34. The molecule has 112 valence electrons. The number of halogens is 4. The molecule has 0 heterocycles. The predicted molar refractivity (Wildman–Crippen MR) is 69.5 cm³/mol. The van der Waals surface area contributed by atoms with E-state index in [1.165, 1.54) is 0 Å². The fourth-order valence-corrected chi connectivity index (χ4v) is 1.87. The maximum Gasteiger partial charge on any atom is 0.411 e. The molecule has 0 aliphatic heterocycles. The zero-order valence-electron chi connectivity index (χ0n) is 10.8. The first-order valence-corrected chi connectivity index (χ1v) is 6.35. The van der Waals surface area contributed by atoms with E-state index in [0.717, 1.165) is 5.56 Å². The Kier molecular flexibility index (Phi) is 6.29. The van der Waals surface area contributed by atoms with Gasteiger partial charge in [-0.1, -0.05) is 29.8 Å². The fraction of sp³-hybridized carbons (Fsp3) is 0.462. The summed E-state index contributed by atoms with van der Waals surface area (Å²) in [6, 6.07) is 6.71. The number of carbonyl (C=O) groups is 1. The van der Waals surface area contributed by atoms with Crippen molar-refractivity contribution in [2.24, 2.45) is 0 Å². The Morgan fingerprint density at radius 3 is 2.65 bits per heavy atom. The third kappa shape index (κ3) is 6.25. The highest BCUT2D eigenvalue weighted by atomic mass is 35.5. The van der Waals surface area contributed by atoms with Gasteiger partial charge in [0.15, 0.2) is 0 Å². The molecule has 1 unspecified atom stereocenters. The smallest absolute Gasteiger partial charge is 0.372 e. The summed E-state index contributed by atoms with van der Waals surface area (Å²) in [5.74, 6) is -0.389. The van der Waals surface area contributed by atoms with Crippen molar-refractivity contribution in [3.8, 4) is 0 Å². The van der Waals surface area contributed by atoms with Gasteiger partial charge in [0.25, 0.3) is 0 Å². The van der Waals surface area contributed by atoms with Gasteiger partial charge < -0.3 is 10.1 Å². The van der Waals surface area contributed by atoms with Gasteiger partial charge in [0.05, 0.1) is 12.6 Å². The third-order valence-corrected chi connectivity index (χ3v) is 2.83. The van der Waals surface area contributed by atoms with E-state index in [1.54, 1.807) is 31.2 Å². The van der Waals surface area contributed by atoms with Crippen LogP contribution in [-0.2, 0) is 9.53 Å². The lowest BCUT2D eigenvalue weighted by Crippen LogP contribution is -2.28. The first-order valence-electron chi connectivity index (χ1n) is 5.98. The summed E-state index contributed by atoms with van der Waals surface area (Å²) in [7, 11) is 0. The van der Waals surface area contributed by atoms with Gasteiger partial charge in [0, 0.05) is 11.4 Å². The van der Waals surface area contributed by atoms with E-state index in [0.29, 0.717) is 5.02 Å². The lowest BCUT2D eigenvalue weighted by atomic mass is 10.1. The number of amides is 1. The number of ether oxygens (including phenoxy) is 1. The van der Waals surface area contributed by atoms with Gasteiger partial charge in [-0.3, -0.25) is 4.79 Å². The van der Waals surface area contributed by atoms with Gasteiger partial charge in [-0.2, -0.15) is 13.2 Å². The fourth-order valence-electron chi connectivity index (χ4n) is 1.57. The van der Waals surface area contributed by atoms with Gasteiger partial charge in [0.1, 0.15) is 6.61 Å². The second kappa shape index (κ2) is 7.50. The molecule has 0 bridgehead atoms. The Bertz CT molecular complexity index is 451. The molecule has 1 aromatic rings. The van der Waals surface area contributed by atoms with Crippen LogP contribution in [0.15, 0.2) is 24.3 Å². The Hall–Kier alpha value is -1.27. The van der Waals surface area contributed by atoms with E-state index in [2.05, 4.69) is 10.1 Å². The standard InChI is InChI=1S/C13H15ClF3NO2/c1-9(10-4-2-3-5-11(10)14)18-12(19)6-7-20-8-13(15,16)17/h2-5,9H,6-8H2,1H3,(H,18,19). The van der Waals surface area contributed by atoms with Crippen molar-refractivity contribution in [3.05, 3.63) is 34.9 Å². The maximum absolute atomic E-state index is 11.8. The van der Waals surface area contributed by atoms with E-state index in [1.807, 2.05) is 0 Å². The first kappa shape index (κ1) is 16.8. The number of hydrogen-bond acceptors (Lipinski definition) is 2. The van der Waals surface area contributed by atoms with Crippen LogP contribution in [0.3, 0.4) is 0 Å². The first-order chi connectivity index (χ1) is 9.29. The zero-order valence-corrected chi connectivity index (χ0v) is 11.6. The van der Waals surface area contributed by atoms with Crippen LogP contribution in [0.25, 0.3) is 0 Å². The summed E-state index contributed by atoms with van der Waals surface area (Å²) in [6.45, 7) is 0.122. The van der Waals surface area contributed by atoms with Crippen LogP contribution < -0.4 is 5.32 Å². The number of hydrogen-bond donors (Lipinski definition) is 1. The maximum atomic E-state index is 11.8. The van der Waals surface area contributed by atoms with Gasteiger partial charge in [-0.15, -0.1) is 0 Å². The summed E-state index contributed by atoms with van der Waals surface area (Å²) in [6.07, 6.45) is -4.51. The Labute approximate surface area is 120 Å². The average Bonchev–Trinajstić information content (AvgIpc) is 2.34. The van der Waals surface area contributed by atoms with Crippen LogP contribution in [-0.4, -0.2) is 25.3 Å². The van der Waals surface area contributed by atoms with E-state index < -0.39 is 12.8 Å². The number of rotatable bonds is 6. The molecule has 20 heavy (non-hydrogen) atoms. The van der Waals surface area contributed by atoms with E-state index in [4.69, 9.17) is 11.6 Å². The molecule has 0 aliphatic rings. The Morgan fingerprint density at radius 1 is 1.40 bits per heavy atom. The summed E-state index contributed by atoms with van der Waals surface area (Å²) < 4.78 is 39.8. The molecule has 0 fully saturated rings. The highest BCUT2D eigenvalue weighted by Gasteiger charge is 2.27. The van der Waals surface area contributed by atoms with Crippen molar-refractivity contribution in [1.82, 2.24) is 5.32 Å². The molecule has 7 heteroatoms. The molecule has 0 radical (unpaired) electrons. The second-order valence-corrected chi connectivity index (χ2v) is 4.64. The van der Waals surface area contributed by atoms with Gasteiger partial charge in [-0.05, 0) is 18.6 Å². The minimum atomic E-state index is -4.37. The Morgan fingerprint density at radius 2 is 2.05 bits per heavy atom. The zero-order chi connectivity index (χ0) is 15.2. The highest BCUT2D eigenvalue weighted by Crippen LogP contribution is 2.22. The van der Waals surface area contributed by atoms with Crippen LogP contribution in [0.1, 0.15) is 24.9 Å². The number of alkyl halides is 3. The highest BCUT2D eigenvalue weighted by molar-refractivity contribution is 6.31. The monoisotopic (exact) mass is 309 g/mol. The lowest BCUT2D eigenvalue weighted by Gasteiger charge is -2.15. The molecule has 0 saturated heterocycles. The quantitative estimate of drug-likeness (QED) is 0.817. The molecule has 1 N–H and O–H groups in total. The summed E-state index contributed by atoms with van der Waals surface area (Å²) >= 11 is 5.98. The molecule has 1 rings (SSSR count). The van der Waals surface area contributed by atoms with Crippen LogP contribution in [0, 0.1) is 0 Å². The minimum Gasteiger partial charge on any atom is -0.372 e. The van der Waals surface area contributed by atoms with E-state index in [-0.39, 0.29) is 25.0 Å².